The van der Waals surface area contributed by atoms with Crippen LogP contribution in [-0.2, 0) is 6.18 Å². The van der Waals surface area contributed by atoms with Gasteiger partial charge in [0.1, 0.15) is 5.69 Å². The smallest absolute Gasteiger partial charge is 0.261 e. The predicted molar refractivity (Wildman–Crippen MR) is 111 cm³/mol. The Labute approximate surface area is 172 Å². The van der Waals surface area contributed by atoms with Crippen LogP contribution in [-0.4, -0.2) is 15.0 Å². The molecule has 0 atom stereocenters. The van der Waals surface area contributed by atoms with Gasteiger partial charge in [0.25, 0.3) is 0 Å². The van der Waals surface area contributed by atoms with Crippen molar-refractivity contribution in [2.45, 2.75) is 20.0 Å². The normalized spacial score (nSPS) is 11.5. The number of hydrogen-bond acceptors (Lipinski definition) is 3. The molecule has 0 aliphatic carbocycles. The Morgan fingerprint density at radius 1 is 0.700 bits per heavy atom. The maximum absolute atomic E-state index is 13.5. The van der Waals surface area contributed by atoms with Gasteiger partial charge in [-0.3, -0.25) is 4.98 Å². The van der Waals surface area contributed by atoms with Crippen molar-refractivity contribution in [2.24, 2.45) is 0 Å². The van der Waals surface area contributed by atoms with E-state index in [1.165, 1.54) is 6.20 Å². The Morgan fingerprint density at radius 2 is 1.40 bits per heavy atom. The lowest BCUT2D eigenvalue weighted by atomic mass is 10.0. The van der Waals surface area contributed by atoms with Gasteiger partial charge in [0.2, 0.25) is 0 Å². The first kappa shape index (κ1) is 19.8. The highest BCUT2D eigenvalue weighted by Gasteiger charge is 2.34. The third kappa shape index (κ3) is 4.22. The second-order valence-corrected chi connectivity index (χ2v) is 7.10. The van der Waals surface area contributed by atoms with Crippen LogP contribution >= 0.6 is 0 Å². The van der Waals surface area contributed by atoms with Gasteiger partial charge in [-0.1, -0.05) is 48.0 Å². The number of aromatic nitrogens is 3. The Hall–Kier alpha value is -3.54. The van der Waals surface area contributed by atoms with Crippen LogP contribution in [0.15, 0.2) is 72.9 Å². The molecule has 30 heavy (non-hydrogen) atoms. The Kier molecular flexibility index (Phi) is 5.08. The summed E-state index contributed by atoms with van der Waals surface area (Å²) in [6.07, 6.45) is -3.07. The second-order valence-electron chi connectivity index (χ2n) is 7.10. The molecule has 0 fully saturated rings. The van der Waals surface area contributed by atoms with Crippen LogP contribution in [0.2, 0.25) is 0 Å². The summed E-state index contributed by atoms with van der Waals surface area (Å²) < 4.78 is 40.6. The standard InChI is InChI=1S/C24H18F3N3/c1-15-5-3-6-17(11-15)18-7-4-8-19(12-18)23-29-21(13-22(30-23)24(25,26)27)20-10-9-16(2)28-14-20/h3-14H,1-2H3. The lowest BCUT2D eigenvalue weighted by Crippen LogP contribution is -2.10. The van der Waals surface area contributed by atoms with Crippen molar-refractivity contribution in [2.75, 3.05) is 0 Å². The number of rotatable bonds is 3. The summed E-state index contributed by atoms with van der Waals surface area (Å²) in [6, 6.07) is 19.6. The van der Waals surface area contributed by atoms with Gasteiger partial charge in [-0.25, -0.2) is 9.97 Å². The van der Waals surface area contributed by atoms with E-state index in [0.29, 0.717) is 11.1 Å². The van der Waals surface area contributed by atoms with Crippen molar-refractivity contribution in [3.05, 3.63) is 89.9 Å². The van der Waals surface area contributed by atoms with Crippen LogP contribution in [0.1, 0.15) is 17.0 Å². The van der Waals surface area contributed by atoms with E-state index in [-0.39, 0.29) is 11.5 Å². The van der Waals surface area contributed by atoms with Gasteiger partial charge in [0, 0.05) is 23.0 Å². The summed E-state index contributed by atoms with van der Waals surface area (Å²) in [6.45, 7) is 3.80. The summed E-state index contributed by atoms with van der Waals surface area (Å²) in [5.41, 5.74) is 3.95. The molecule has 0 amide bonds. The van der Waals surface area contributed by atoms with Crippen molar-refractivity contribution in [3.8, 4) is 33.8 Å². The van der Waals surface area contributed by atoms with E-state index in [4.69, 9.17) is 0 Å². The number of alkyl halides is 3. The van der Waals surface area contributed by atoms with Crippen molar-refractivity contribution in [1.29, 1.82) is 0 Å². The minimum atomic E-state index is -4.58. The van der Waals surface area contributed by atoms with Crippen LogP contribution in [0.4, 0.5) is 13.2 Å². The van der Waals surface area contributed by atoms with Crippen LogP contribution in [0, 0.1) is 13.8 Å². The van der Waals surface area contributed by atoms with Gasteiger partial charge in [-0.15, -0.1) is 0 Å². The number of nitrogens with zero attached hydrogens (tertiary/aromatic N) is 3. The number of pyridine rings is 1. The molecule has 0 N–H and O–H groups in total. The molecule has 6 heteroatoms. The molecule has 4 aromatic rings. The first-order chi connectivity index (χ1) is 14.3. The average molecular weight is 405 g/mol. The van der Waals surface area contributed by atoms with Gasteiger partial charge in [0.15, 0.2) is 5.82 Å². The average Bonchev–Trinajstić information content (AvgIpc) is 2.73. The van der Waals surface area contributed by atoms with Gasteiger partial charge in [-0.2, -0.15) is 13.2 Å². The predicted octanol–water partition coefficient (Wildman–Crippen LogP) is 6.51. The SMILES string of the molecule is Cc1cccc(-c2cccc(-c3nc(-c4ccc(C)nc4)cc(C(F)(F)F)n3)c2)c1. The largest absolute Gasteiger partial charge is 0.433 e. The van der Waals surface area contributed by atoms with Gasteiger partial charge in [-0.05, 0) is 49.2 Å². The second kappa shape index (κ2) is 7.71. The van der Waals surface area contributed by atoms with Crippen molar-refractivity contribution < 1.29 is 13.2 Å². The molecule has 0 aliphatic rings. The molecule has 0 bridgehead atoms. The lowest BCUT2D eigenvalue weighted by molar-refractivity contribution is -0.141. The fourth-order valence-electron chi connectivity index (χ4n) is 3.15. The molecule has 0 aliphatic heterocycles. The van der Waals surface area contributed by atoms with Crippen LogP contribution in [0.5, 0.6) is 0 Å². The maximum Gasteiger partial charge on any atom is 0.433 e. The molecular weight excluding hydrogens is 387 g/mol. The monoisotopic (exact) mass is 405 g/mol. The minimum absolute atomic E-state index is 0.0231. The molecule has 0 saturated heterocycles. The zero-order valence-corrected chi connectivity index (χ0v) is 16.4. The fraction of sp³-hybridized carbons (Fsp3) is 0.125. The van der Waals surface area contributed by atoms with Gasteiger partial charge in [0.05, 0.1) is 5.69 Å². The number of halogens is 3. The van der Waals surface area contributed by atoms with E-state index in [9.17, 15) is 13.2 Å². The van der Waals surface area contributed by atoms with Crippen molar-refractivity contribution in [3.63, 3.8) is 0 Å². The number of benzene rings is 2. The molecule has 2 aromatic carbocycles. The molecular formula is C24H18F3N3. The van der Waals surface area contributed by atoms with Crippen LogP contribution in [0.25, 0.3) is 33.8 Å². The molecule has 0 radical (unpaired) electrons. The summed E-state index contributed by atoms with van der Waals surface area (Å²) in [7, 11) is 0. The third-order valence-corrected chi connectivity index (χ3v) is 4.70. The van der Waals surface area contributed by atoms with E-state index >= 15 is 0 Å². The molecule has 0 spiro atoms. The van der Waals surface area contributed by atoms with E-state index in [2.05, 4.69) is 15.0 Å². The van der Waals surface area contributed by atoms with Gasteiger partial charge >= 0.3 is 6.18 Å². The van der Waals surface area contributed by atoms with Gasteiger partial charge < -0.3 is 0 Å². The third-order valence-electron chi connectivity index (χ3n) is 4.70. The first-order valence-corrected chi connectivity index (χ1v) is 9.36. The zero-order valence-electron chi connectivity index (χ0n) is 16.4. The fourth-order valence-corrected chi connectivity index (χ4v) is 3.15. The molecule has 4 rings (SSSR count). The highest BCUT2D eigenvalue weighted by Crippen LogP contribution is 2.33. The topological polar surface area (TPSA) is 38.7 Å². The molecule has 2 heterocycles. The molecule has 0 unspecified atom stereocenters. The minimum Gasteiger partial charge on any atom is -0.261 e. The maximum atomic E-state index is 13.5. The number of hydrogen-bond donors (Lipinski definition) is 0. The summed E-state index contributed by atoms with van der Waals surface area (Å²) in [5.74, 6) is 0.0231. The van der Waals surface area contributed by atoms with E-state index in [1.54, 1.807) is 30.3 Å². The van der Waals surface area contributed by atoms with Crippen molar-refractivity contribution in [1.82, 2.24) is 15.0 Å². The van der Waals surface area contributed by atoms with Crippen LogP contribution < -0.4 is 0 Å². The highest BCUT2D eigenvalue weighted by molar-refractivity contribution is 5.72. The highest BCUT2D eigenvalue weighted by atomic mass is 19.4. The molecule has 3 nitrogen and oxygen atoms in total. The Bertz CT molecular complexity index is 1200. The quantitative estimate of drug-likeness (QED) is 0.390. The first-order valence-electron chi connectivity index (χ1n) is 9.36. The lowest BCUT2D eigenvalue weighted by Gasteiger charge is -2.12. The van der Waals surface area contributed by atoms with Crippen molar-refractivity contribution >= 4 is 0 Å². The number of aryl methyl sites for hydroxylation is 2. The van der Waals surface area contributed by atoms with E-state index in [0.717, 1.165) is 28.5 Å². The zero-order chi connectivity index (χ0) is 21.3. The summed E-state index contributed by atoms with van der Waals surface area (Å²) >= 11 is 0. The molecule has 0 saturated carbocycles. The van der Waals surface area contributed by atoms with E-state index in [1.807, 2.05) is 44.2 Å². The summed E-state index contributed by atoms with van der Waals surface area (Å²) in [5, 5.41) is 0. The molecule has 2 aromatic heterocycles. The molecule has 150 valence electrons. The Balaban J connectivity index is 1.85. The Morgan fingerprint density at radius 3 is 2.07 bits per heavy atom. The van der Waals surface area contributed by atoms with Crippen LogP contribution in [0.3, 0.4) is 0 Å². The summed E-state index contributed by atoms with van der Waals surface area (Å²) in [4.78, 5) is 12.4. The van der Waals surface area contributed by atoms with E-state index < -0.39 is 11.9 Å².